The Morgan fingerprint density at radius 1 is 0.488 bits per heavy atom. The van der Waals surface area contributed by atoms with Crippen LogP contribution in [0, 0.1) is 6.92 Å². The molecule has 0 radical (unpaired) electrons. The second kappa shape index (κ2) is 9.62. The van der Waals surface area contributed by atoms with Crippen molar-refractivity contribution < 1.29 is 0 Å². The van der Waals surface area contributed by atoms with Gasteiger partial charge in [-0.15, -0.1) is 11.3 Å². The number of rotatable bonds is 4. The summed E-state index contributed by atoms with van der Waals surface area (Å²) < 4.78 is 2.62. The van der Waals surface area contributed by atoms with E-state index in [1.54, 1.807) is 0 Å². The van der Waals surface area contributed by atoms with Gasteiger partial charge >= 0.3 is 0 Å². The average molecular weight is 542 g/mol. The normalized spacial score (nSPS) is 11.5. The summed E-state index contributed by atoms with van der Waals surface area (Å²) in [4.78, 5) is 2.40. The predicted molar refractivity (Wildman–Crippen MR) is 179 cm³/mol. The van der Waals surface area contributed by atoms with Crippen molar-refractivity contribution in [1.82, 2.24) is 0 Å². The van der Waals surface area contributed by atoms with E-state index in [4.69, 9.17) is 0 Å². The monoisotopic (exact) mass is 541 g/mol. The van der Waals surface area contributed by atoms with Crippen LogP contribution in [-0.4, -0.2) is 0 Å². The van der Waals surface area contributed by atoms with Gasteiger partial charge < -0.3 is 4.90 Å². The number of hydrogen-bond acceptors (Lipinski definition) is 2. The fourth-order valence-corrected chi connectivity index (χ4v) is 7.32. The van der Waals surface area contributed by atoms with Crippen molar-refractivity contribution >= 4 is 70.1 Å². The number of anilines is 3. The molecule has 2 heteroatoms. The molecule has 8 aromatic rings. The first-order chi connectivity index (χ1) is 20.2. The largest absolute Gasteiger partial charge is 0.309 e. The molecule has 0 saturated carbocycles. The lowest BCUT2D eigenvalue weighted by molar-refractivity contribution is 1.29. The topological polar surface area (TPSA) is 3.24 Å². The maximum absolute atomic E-state index is 2.40. The van der Waals surface area contributed by atoms with Crippen molar-refractivity contribution in [2.24, 2.45) is 0 Å². The zero-order valence-corrected chi connectivity index (χ0v) is 23.5. The summed E-state index contributed by atoms with van der Waals surface area (Å²) in [6, 6.07) is 53.1. The third-order valence-electron chi connectivity index (χ3n) is 8.12. The lowest BCUT2D eigenvalue weighted by atomic mass is 9.93. The zero-order valence-electron chi connectivity index (χ0n) is 22.7. The van der Waals surface area contributed by atoms with Gasteiger partial charge in [0.05, 0.1) is 10.4 Å². The van der Waals surface area contributed by atoms with E-state index in [-0.39, 0.29) is 0 Å². The van der Waals surface area contributed by atoms with Crippen molar-refractivity contribution in [3.63, 3.8) is 0 Å². The van der Waals surface area contributed by atoms with Crippen LogP contribution in [0.15, 0.2) is 146 Å². The Balaban J connectivity index is 1.31. The van der Waals surface area contributed by atoms with Gasteiger partial charge in [-0.05, 0) is 82.1 Å². The minimum atomic E-state index is 1.15. The first-order valence-electron chi connectivity index (χ1n) is 14.0. The van der Waals surface area contributed by atoms with Gasteiger partial charge in [0.2, 0.25) is 0 Å². The van der Waals surface area contributed by atoms with E-state index in [2.05, 4.69) is 157 Å². The molecule has 0 atom stereocenters. The van der Waals surface area contributed by atoms with Crippen LogP contribution in [0.5, 0.6) is 0 Å². The molecular formula is C39H27NS. The predicted octanol–water partition coefficient (Wildman–Crippen LogP) is 11.8. The molecule has 1 nitrogen and oxygen atoms in total. The van der Waals surface area contributed by atoms with Gasteiger partial charge in [-0.2, -0.15) is 0 Å². The molecule has 7 aromatic carbocycles. The minimum Gasteiger partial charge on any atom is -0.309 e. The Morgan fingerprint density at radius 2 is 1.10 bits per heavy atom. The Labute approximate surface area is 243 Å². The summed E-state index contributed by atoms with van der Waals surface area (Å²) in [5.74, 6) is 0. The molecular weight excluding hydrogens is 515 g/mol. The van der Waals surface area contributed by atoms with Crippen LogP contribution in [0.25, 0.3) is 52.8 Å². The maximum Gasteiger partial charge on any atom is 0.0640 e. The SMILES string of the molecule is Cc1ccc(N(c2ccc(-c3cc4ccccc4c4ccccc34)cc2)c2cccc3c2sc2ccccc23)cc1. The quantitative estimate of drug-likeness (QED) is 0.200. The number of fused-ring (bicyclic) bond motifs is 6. The molecule has 0 fully saturated rings. The van der Waals surface area contributed by atoms with Gasteiger partial charge in [-0.3, -0.25) is 0 Å². The number of thiophene rings is 1. The third-order valence-corrected chi connectivity index (χ3v) is 9.33. The second-order valence-corrected chi connectivity index (χ2v) is 11.7. The fraction of sp³-hybridized carbons (Fsp3) is 0.0256. The van der Waals surface area contributed by atoms with Crippen LogP contribution in [-0.2, 0) is 0 Å². The molecule has 1 heterocycles. The van der Waals surface area contributed by atoms with Crippen LogP contribution < -0.4 is 4.90 Å². The Bertz CT molecular complexity index is 2200. The molecule has 0 aliphatic heterocycles. The smallest absolute Gasteiger partial charge is 0.0640 e. The summed E-state index contributed by atoms with van der Waals surface area (Å²) in [6.45, 7) is 2.14. The third kappa shape index (κ3) is 3.99. The summed E-state index contributed by atoms with van der Waals surface area (Å²) in [6.07, 6.45) is 0. The Hall–Kier alpha value is -4.92. The van der Waals surface area contributed by atoms with Crippen LogP contribution in [0.2, 0.25) is 0 Å². The number of aryl methyl sites for hydroxylation is 1. The van der Waals surface area contributed by atoms with Gasteiger partial charge in [0.1, 0.15) is 0 Å². The molecule has 0 bridgehead atoms. The molecule has 0 aliphatic carbocycles. The van der Waals surface area contributed by atoms with Crippen LogP contribution >= 0.6 is 11.3 Å². The van der Waals surface area contributed by atoms with E-state index in [9.17, 15) is 0 Å². The summed E-state index contributed by atoms with van der Waals surface area (Å²) in [5.41, 5.74) is 7.25. The fourth-order valence-electron chi connectivity index (χ4n) is 6.11. The molecule has 0 unspecified atom stereocenters. The highest BCUT2D eigenvalue weighted by Crippen LogP contribution is 2.45. The number of hydrogen-bond donors (Lipinski definition) is 0. The van der Waals surface area contributed by atoms with E-state index < -0.39 is 0 Å². The highest BCUT2D eigenvalue weighted by molar-refractivity contribution is 7.26. The highest BCUT2D eigenvalue weighted by atomic mass is 32.1. The summed E-state index contributed by atoms with van der Waals surface area (Å²) in [5, 5.41) is 7.76. The second-order valence-electron chi connectivity index (χ2n) is 10.7. The molecule has 0 N–H and O–H groups in total. The van der Waals surface area contributed by atoms with Crippen molar-refractivity contribution in [2.45, 2.75) is 6.92 Å². The molecule has 0 amide bonds. The van der Waals surface area contributed by atoms with Gasteiger partial charge in [-0.25, -0.2) is 0 Å². The summed E-state index contributed by atoms with van der Waals surface area (Å²) in [7, 11) is 0. The summed E-state index contributed by atoms with van der Waals surface area (Å²) >= 11 is 1.87. The first kappa shape index (κ1) is 23.9. The van der Waals surface area contributed by atoms with Crippen LogP contribution in [0.3, 0.4) is 0 Å². The maximum atomic E-state index is 2.40. The van der Waals surface area contributed by atoms with Crippen LogP contribution in [0.4, 0.5) is 17.1 Å². The van der Waals surface area contributed by atoms with Crippen molar-refractivity contribution in [3.05, 3.63) is 151 Å². The lowest BCUT2D eigenvalue weighted by Crippen LogP contribution is -2.10. The van der Waals surface area contributed by atoms with E-state index >= 15 is 0 Å². The average Bonchev–Trinajstić information content (AvgIpc) is 3.42. The van der Waals surface area contributed by atoms with Gasteiger partial charge in [0, 0.05) is 26.8 Å². The molecule has 41 heavy (non-hydrogen) atoms. The standard InChI is InChI=1S/C39H27NS/c1-26-17-21-29(22-18-26)40(37-15-8-14-35-34-13-6-7-16-38(34)41-39(35)37)30-23-19-27(20-24-30)36-25-28-9-2-3-10-31(28)32-11-4-5-12-33(32)36/h2-25H,1H3. The Kier molecular flexibility index (Phi) is 5.61. The van der Waals surface area contributed by atoms with Crippen LogP contribution in [0.1, 0.15) is 5.56 Å². The van der Waals surface area contributed by atoms with Crippen molar-refractivity contribution in [1.29, 1.82) is 0 Å². The highest BCUT2D eigenvalue weighted by Gasteiger charge is 2.18. The van der Waals surface area contributed by atoms with E-state index in [0.717, 1.165) is 11.4 Å². The van der Waals surface area contributed by atoms with Gasteiger partial charge in [-0.1, -0.05) is 109 Å². The van der Waals surface area contributed by atoms with E-state index in [1.807, 2.05) is 11.3 Å². The van der Waals surface area contributed by atoms with Gasteiger partial charge in [0.15, 0.2) is 0 Å². The molecule has 0 spiro atoms. The van der Waals surface area contributed by atoms with Crippen molar-refractivity contribution in [3.8, 4) is 11.1 Å². The Morgan fingerprint density at radius 3 is 1.88 bits per heavy atom. The lowest BCUT2D eigenvalue weighted by Gasteiger charge is -2.26. The molecule has 1 aromatic heterocycles. The molecule has 194 valence electrons. The minimum absolute atomic E-state index is 1.15. The first-order valence-corrected chi connectivity index (χ1v) is 14.8. The molecule has 0 aliphatic rings. The number of nitrogens with zero attached hydrogens (tertiary/aromatic N) is 1. The molecule has 0 saturated heterocycles. The van der Waals surface area contributed by atoms with Crippen molar-refractivity contribution in [2.75, 3.05) is 4.90 Å². The van der Waals surface area contributed by atoms with Gasteiger partial charge in [0.25, 0.3) is 0 Å². The molecule has 8 rings (SSSR count). The zero-order chi connectivity index (χ0) is 27.3. The van der Waals surface area contributed by atoms with E-state index in [0.29, 0.717) is 0 Å². The number of benzene rings is 7. The van der Waals surface area contributed by atoms with E-state index in [1.165, 1.54) is 64.1 Å².